The normalized spacial score (nSPS) is 15.0. The molecule has 1 fully saturated rings. The molecule has 2 heterocycles. The average Bonchev–Trinajstić information content (AvgIpc) is 3.62. The smallest absolute Gasteiger partial charge is 0.252 e. The molecule has 37 heavy (non-hydrogen) atoms. The van der Waals surface area contributed by atoms with E-state index in [0.717, 1.165) is 59.3 Å². The largest absolute Gasteiger partial charge is 0.496 e. The summed E-state index contributed by atoms with van der Waals surface area (Å²) < 4.78 is 7.71. The number of aromatic nitrogens is 5. The molecule has 0 bridgehead atoms. The Balaban J connectivity index is 1.56. The van der Waals surface area contributed by atoms with Crippen LogP contribution < -0.4 is 10.3 Å². The minimum atomic E-state index is -0.0630. The van der Waals surface area contributed by atoms with Crippen LogP contribution in [0.2, 0.25) is 0 Å². The topological polar surface area (TPSA) is 88.9 Å². The maximum atomic E-state index is 13.2. The number of para-hydroxylation sites is 1. The fourth-order valence-corrected chi connectivity index (χ4v) is 5.62. The van der Waals surface area contributed by atoms with Crippen LogP contribution in [-0.2, 0) is 19.5 Å². The molecule has 2 aromatic heterocycles. The minimum absolute atomic E-state index is 0.0578. The zero-order valence-electron chi connectivity index (χ0n) is 22.0. The maximum Gasteiger partial charge on any atom is 0.252 e. The van der Waals surface area contributed by atoms with Crippen LogP contribution in [-0.4, -0.2) is 37.2 Å². The molecule has 1 aliphatic rings. The Morgan fingerprint density at radius 1 is 1.08 bits per heavy atom. The Morgan fingerprint density at radius 2 is 1.86 bits per heavy atom. The third kappa shape index (κ3) is 5.30. The van der Waals surface area contributed by atoms with Gasteiger partial charge in [-0.2, -0.15) is 0 Å². The predicted molar refractivity (Wildman–Crippen MR) is 145 cm³/mol. The van der Waals surface area contributed by atoms with Crippen molar-refractivity contribution in [2.24, 2.45) is 0 Å². The molecule has 1 aliphatic carbocycles. The van der Waals surface area contributed by atoms with E-state index in [-0.39, 0.29) is 11.6 Å². The Hall–Kier alpha value is -3.52. The van der Waals surface area contributed by atoms with Crippen LogP contribution in [0.3, 0.4) is 0 Å². The molecule has 0 aliphatic heterocycles. The number of tetrazole rings is 1. The van der Waals surface area contributed by atoms with Gasteiger partial charge in [0.2, 0.25) is 0 Å². The molecule has 194 valence electrons. The number of benzene rings is 2. The van der Waals surface area contributed by atoms with E-state index in [0.29, 0.717) is 19.1 Å². The zero-order chi connectivity index (χ0) is 25.8. The van der Waals surface area contributed by atoms with Crippen molar-refractivity contribution in [3.63, 3.8) is 0 Å². The molecule has 0 saturated heterocycles. The standard InChI is InChI=1S/C29H36N6O2/c1-4-20-14-15-25-22(16-20)17-23(29(36)30-25)19-34(18-21-10-6-9-13-27(21)37-3)26(5-2)28-31-32-33-35(28)24-11-7-8-12-24/h6,9-10,13-17,24,26H,4-5,7-8,11-12,18-19H2,1-3H3,(H,30,36)/t26-/m0/s1. The molecule has 2 aromatic carbocycles. The number of ether oxygens (including phenoxy) is 1. The molecule has 1 atom stereocenters. The molecule has 8 nitrogen and oxygen atoms in total. The number of methoxy groups -OCH3 is 1. The lowest BCUT2D eigenvalue weighted by molar-refractivity contribution is 0.156. The molecule has 8 heteroatoms. The van der Waals surface area contributed by atoms with Gasteiger partial charge in [-0.15, -0.1) is 5.10 Å². The number of nitrogens with one attached hydrogen (secondary N) is 1. The summed E-state index contributed by atoms with van der Waals surface area (Å²) in [6, 6.07) is 16.6. The van der Waals surface area contributed by atoms with E-state index in [1.807, 2.05) is 35.0 Å². The Bertz CT molecular complexity index is 1410. The summed E-state index contributed by atoms with van der Waals surface area (Å²) in [6.45, 7) is 5.37. The van der Waals surface area contributed by atoms with Gasteiger partial charge in [0.1, 0.15) is 5.75 Å². The van der Waals surface area contributed by atoms with Gasteiger partial charge >= 0.3 is 0 Å². The molecule has 4 aromatic rings. The SMILES string of the molecule is CCc1ccc2[nH]c(=O)c(CN(Cc3ccccc3OC)[C@@H](CC)c3nnnn3C3CCCC3)cc2c1. The summed E-state index contributed by atoms with van der Waals surface area (Å²) in [5, 5.41) is 14.1. The van der Waals surface area contributed by atoms with Crippen molar-refractivity contribution in [3.05, 3.63) is 81.4 Å². The van der Waals surface area contributed by atoms with Crippen molar-refractivity contribution in [1.82, 2.24) is 30.1 Å². The molecular formula is C29H36N6O2. The number of aryl methyl sites for hydroxylation is 1. The van der Waals surface area contributed by atoms with Crippen molar-refractivity contribution in [1.29, 1.82) is 0 Å². The van der Waals surface area contributed by atoms with Crippen LogP contribution in [0.4, 0.5) is 0 Å². The summed E-state index contributed by atoms with van der Waals surface area (Å²) >= 11 is 0. The molecule has 1 saturated carbocycles. The second-order valence-corrected chi connectivity index (χ2v) is 9.96. The first-order valence-corrected chi connectivity index (χ1v) is 13.4. The summed E-state index contributed by atoms with van der Waals surface area (Å²) in [6.07, 6.45) is 6.38. The van der Waals surface area contributed by atoms with Crippen LogP contribution >= 0.6 is 0 Å². The van der Waals surface area contributed by atoms with Gasteiger partial charge in [-0.05, 0) is 71.3 Å². The van der Waals surface area contributed by atoms with E-state index in [1.165, 1.54) is 18.4 Å². The Morgan fingerprint density at radius 3 is 2.62 bits per heavy atom. The van der Waals surface area contributed by atoms with Gasteiger partial charge in [-0.1, -0.05) is 51.0 Å². The summed E-state index contributed by atoms with van der Waals surface area (Å²) in [5.41, 5.74) is 3.84. The van der Waals surface area contributed by atoms with Gasteiger partial charge < -0.3 is 9.72 Å². The fraction of sp³-hybridized carbons (Fsp3) is 0.448. The molecule has 1 N–H and O–H groups in total. The highest BCUT2D eigenvalue weighted by Gasteiger charge is 2.30. The maximum absolute atomic E-state index is 13.2. The molecule has 0 unspecified atom stereocenters. The van der Waals surface area contributed by atoms with Gasteiger partial charge in [-0.3, -0.25) is 9.69 Å². The molecule has 0 amide bonds. The third-order valence-electron chi connectivity index (χ3n) is 7.65. The second kappa shape index (κ2) is 11.3. The van der Waals surface area contributed by atoms with E-state index in [9.17, 15) is 4.79 Å². The first-order chi connectivity index (χ1) is 18.1. The van der Waals surface area contributed by atoms with E-state index >= 15 is 0 Å². The van der Waals surface area contributed by atoms with Crippen molar-refractivity contribution in [3.8, 4) is 5.75 Å². The van der Waals surface area contributed by atoms with Crippen LogP contribution in [0.15, 0.2) is 53.3 Å². The van der Waals surface area contributed by atoms with E-state index in [1.54, 1.807) is 7.11 Å². The van der Waals surface area contributed by atoms with E-state index < -0.39 is 0 Å². The lowest BCUT2D eigenvalue weighted by Gasteiger charge is -2.31. The lowest BCUT2D eigenvalue weighted by Crippen LogP contribution is -2.33. The number of aromatic amines is 1. The van der Waals surface area contributed by atoms with Crippen LogP contribution in [0.25, 0.3) is 10.9 Å². The number of hydrogen-bond donors (Lipinski definition) is 1. The summed E-state index contributed by atoms with van der Waals surface area (Å²) in [7, 11) is 1.69. The van der Waals surface area contributed by atoms with Crippen LogP contribution in [0.5, 0.6) is 5.75 Å². The van der Waals surface area contributed by atoms with Gasteiger partial charge in [-0.25, -0.2) is 4.68 Å². The van der Waals surface area contributed by atoms with Crippen molar-refractivity contribution in [2.75, 3.05) is 7.11 Å². The Labute approximate surface area is 217 Å². The third-order valence-corrected chi connectivity index (χ3v) is 7.65. The fourth-order valence-electron chi connectivity index (χ4n) is 5.62. The number of nitrogens with zero attached hydrogens (tertiary/aromatic N) is 5. The number of pyridine rings is 1. The highest BCUT2D eigenvalue weighted by atomic mass is 16.5. The molecule has 0 spiro atoms. The first-order valence-electron chi connectivity index (χ1n) is 13.4. The highest BCUT2D eigenvalue weighted by molar-refractivity contribution is 5.79. The van der Waals surface area contributed by atoms with Crippen LogP contribution in [0, 0.1) is 0 Å². The summed E-state index contributed by atoms with van der Waals surface area (Å²) in [4.78, 5) is 18.6. The minimum Gasteiger partial charge on any atom is -0.496 e. The van der Waals surface area contributed by atoms with Gasteiger partial charge in [0.15, 0.2) is 5.82 Å². The van der Waals surface area contributed by atoms with Gasteiger partial charge in [0, 0.05) is 29.7 Å². The monoisotopic (exact) mass is 500 g/mol. The molecular weight excluding hydrogens is 464 g/mol. The number of rotatable bonds is 10. The number of hydrogen-bond acceptors (Lipinski definition) is 6. The van der Waals surface area contributed by atoms with Crippen molar-refractivity contribution < 1.29 is 4.74 Å². The van der Waals surface area contributed by atoms with E-state index in [4.69, 9.17) is 4.74 Å². The highest BCUT2D eigenvalue weighted by Crippen LogP contribution is 2.34. The van der Waals surface area contributed by atoms with Gasteiger partial charge in [0.25, 0.3) is 5.56 Å². The van der Waals surface area contributed by atoms with E-state index in [2.05, 4.69) is 57.5 Å². The summed E-state index contributed by atoms with van der Waals surface area (Å²) in [5.74, 6) is 1.70. The van der Waals surface area contributed by atoms with Crippen molar-refractivity contribution >= 4 is 10.9 Å². The second-order valence-electron chi connectivity index (χ2n) is 9.96. The molecule has 0 radical (unpaired) electrons. The number of H-pyrrole nitrogens is 1. The predicted octanol–water partition coefficient (Wildman–Crippen LogP) is 5.35. The Kier molecular flexibility index (Phi) is 7.65. The average molecular weight is 501 g/mol. The molecule has 5 rings (SSSR count). The van der Waals surface area contributed by atoms with Crippen molar-refractivity contribution in [2.45, 2.75) is 77.5 Å². The quantitative estimate of drug-likeness (QED) is 0.316. The number of fused-ring (bicyclic) bond motifs is 1. The van der Waals surface area contributed by atoms with Gasteiger partial charge in [0.05, 0.1) is 19.2 Å². The first kappa shape index (κ1) is 25.1. The lowest BCUT2D eigenvalue weighted by atomic mass is 10.0. The van der Waals surface area contributed by atoms with Crippen LogP contribution in [0.1, 0.15) is 80.6 Å². The zero-order valence-corrected chi connectivity index (χ0v) is 22.0.